The monoisotopic (exact) mass is 830 g/mol. The van der Waals surface area contributed by atoms with Crippen LogP contribution in [0.25, 0.3) is 32.2 Å². The van der Waals surface area contributed by atoms with Crippen molar-refractivity contribution in [3.63, 3.8) is 0 Å². The van der Waals surface area contributed by atoms with E-state index in [4.69, 9.17) is 41.3 Å². The number of hydrogen-bond acceptors (Lipinski definition) is 9. The van der Waals surface area contributed by atoms with E-state index in [1.807, 2.05) is 17.0 Å². The first-order valence-electron chi connectivity index (χ1n) is 14.4. The van der Waals surface area contributed by atoms with Crippen molar-refractivity contribution in [3.8, 4) is 11.1 Å². The summed E-state index contributed by atoms with van der Waals surface area (Å²) in [5.41, 5.74) is 3.00. The van der Waals surface area contributed by atoms with Gasteiger partial charge in [-0.2, -0.15) is 44.6 Å². The van der Waals surface area contributed by atoms with Crippen molar-refractivity contribution in [1.82, 2.24) is 20.5 Å². The predicted molar refractivity (Wildman–Crippen MR) is 167 cm³/mol. The number of nitrogens with zero attached hydrogens (tertiary/aromatic N) is 3. The highest BCUT2D eigenvalue weighted by atomic mass is 35.5. The van der Waals surface area contributed by atoms with E-state index in [-0.39, 0.29) is 17.4 Å². The lowest BCUT2D eigenvalue weighted by Crippen LogP contribution is -2.44. The van der Waals surface area contributed by atoms with Crippen molar-refractivity contribution in [1.29, 1.82) is 0 Å². The number of benzene rings is 2. The Morgan fingerprint density at radius 2 is 1.41 bits per heavy atom. The Morgan fingerprint density at radius 3 is 1.87 bits per heavy atom. The van der Waals surface area contributed by atoms with Gasteiger partial charge in [0, 0.05) is 37.1 Å². The van der Waals surface area contributed by atoms with Crippen molar-refractivity contribution >= 4 is 78.7 Å². The second-order valence-electron chi connectivity index (χ2n) is 10.7. The first-order chi connectivity index (χ1) is 24.8. The molecule has 2 aromatic heterocycles. The van der Waals surface area contributed by atoms with Crippen molar-refractivity contribution in [2.45, 2.75) is 31.1 Å². The minimum Gasteiger partial charge on any atom is -0.475 e. The van der Waals surface area contributed by atoms with Crippen molar-refractivity contribution in [2.24, 2.45) is 5.92 Å². The van der Waals surface area contributed by atoms with Crippen LogP contribution in [-0.4, -0.2) is 105 Å². The normalized spacial score (nSPS) is 16.9. The number of aromatic nitrogens is 3. The first kappa shape index (κ1) is 43.4. The van der Waals surface area contributed by atoms with Gasteiger partial charge in [0.15, 0.2) is 10.9 Å². The third kappa shape index (κ3) is 11.2. The smallest absolute Gasteiger partial charge is 0.475 e. The van der Waals surface area contributed by atoms with Crippen LogP contribution in [0.1, 0.15) is 6.42 Å². The summed E-state index contributed by atoms with van der Waals surface area (Å²) in [6.07, 6.45) is -14.4. The topological polar surface area (TPSA) is 198 Å². The number of carbonyl (C=O) groups excluding carboxylic acids is 1. The highest BCUT2D eigenvalue weighted by Gasteiger charge is 2.44. The van der Waals surface area contributed by atoms with E-state index in [0.29, 0.717) is 40.5 Å². The molecule has 4 aromatic rings. The number of carboxylic acid groups (broad SMARTS) is 3. The van der Waals surface area contributed by atoms with E-state index in [1.165, 1.54) is 11.3 Å². The number of rotatable bonds is 4. The molecule has 26 heteroatoms. The van der Waals surface area contributed by atoms with Crippen molar-refractivity contribution in [2.75, 3.05) is 36.4 Å². The molecule has 0 unspecified atom stereocenters. The number of hydrogen-bond donors (Lipinski definition) is 6. The third-order valence-corrected chi connectivity index (χ3v) is 8.17. The number of fused-ring (bicyclic) bond motifs is 2. The van der Waals surface area contributed by atoms with Crippen LogP contribution in [0, 0.1) is 11.7 Å². The molecule has 0 spiro atoms. The number of piperazine rings is 1. The maximum Gasteiger partial charge on any atom is 0.490 e. The molecule has 1 aliphatic heterocycles. The van der Waals surface area contributed by atoms with Crippen LogP contribution in [0.2, 0.25) is 5.02 Å². The fourth-order valence-corrected chi connectivity index (χ4v) is 5.54. The lowest BCUT2D eigenvalue weighted by molar-refractivity contribution is -0.193. The fourth-order valence-electron chi connectivity index (χ4n) is 4.33. The average molecular weight is 831 g/mol. The summed E-state index contributed by atoms with van der Waals surface area (Å²) in [5.74, 6) is -9.69. The molecule has 2 atom stereocenters. The largest absolute Gasteiger partial charge is 0.490 e. The summed E-state index contributed by atoms with van der Waals surface area (Å²) in [5, 5.41) is 35.6. The molecule has 296 valence electrons. The standard InChI is InChI=1S/C22H19ClF2N6OS.3C2HF3O2/c23-17-16(12-9-27-30-19(12)20(18(17)25)31-5-3-26-4-6-31)10-1-2-14-15(7-10)33-22(28-14)29-21(32)11-8-13(11)24;3*3-2(4,5)1(6)7/h1-2,7,9,11,13,26H,3-6,8H2,(H,27,30)(H,28,29,32);3*(H,6,7)/t11-,13+;;;/m1.../s1. The molecule has 13 nitrogen and oxygen atoms in total. The Balaban J connectivity index is 0.000000307. The summed E-state index contributed by atoms with van der Waals surface area (Å²) in [6.45, 7) is 2.88. The molecule has 6 rings (SSSR count). The Kier molecular flexibility index (Phi) is 13.6. The number of alkyl halides is 10. The second kappa shape index (κ2) is 17.0. The van der Waals surface area contributed by atoms with Gasteiger partial charge in [0.1, 0.15) is 11.9 Å². The average Bonchev–Trinajstić information content (AvgIpc) is 3.41. The van der Waals surface area contributed by atoms with Crippen LogP contribution < -0.4 is 15.5 Å². The summed E-state index contributed by atoms with van der Waals surface area (Å²) < 4.78 is 125. The molecular formula is C28H22ClF11N6O7S. The Morgan fingerprint density at radius 1 is 0.907 bits per heavy atom. The molecule has 54 heavy (non-hydrogen) atoms. The minimum atomic E-state index is -5.08. The highest BCUT2D eigenvalue weighted by Crippen LogP contribution is 2.44. The van der Waals surface area contributed by atoms with Crippen LogP contribution in [0.3, 0.4) is 0 Å². The van der Waals surface area contributed by atoms with Gasteiger partial charge in [0.05, 0.1) is 32.9 Å². The maximum atomic E-state index is 15.6. The van der Waals surface area contributed by atoms with E-state index in [1.54, 1.807) is 12.3 Å². The predicted octanol–water partition coefficient (Wildman–Crippen LogP) is 6.24. The van der Waals surface area contributed by atoms with Crippen LogP contribution in [0.5, 0.6) is 0 Å². The molecule has 1 aliphatic carbocycles. The number of carboxylic acids is 3. The summed E-state index contributed by atoms with van der Waals surface area (Å²) >= 11 is 7.89. The Bertz CT molecular complexity index is 1960. The summed E-state index contributed by atoms with van der Waals surface area (Å²) in [7, 11) is 0. The zero-order valence-electron chi connectivity index (χ0n) is 26.3. The number of aliphatic carboxylic acids is 3. The number of halogens is 12. The zero-order valence-corrected chi connectivity index (χ0v) is 27.8. The Labute approximate surface area is 301 Å². The quantitative estimate of drug-likeness (QED) is 0.127. The minimum absolute atomic E-state index is 0.0394. The van der Waals surface area contributed by atoms with Gasteiger partial charge in [0.25, 0.3) is 0 Å². The van der Waals surface area contributed by atoms with E-state index in [9.17, 15) is 48.7 Å². The molecule has 6 N–H and O–H groups in total. The lowest BCUT2D eigenvalue weighted by atomic mass is 9.99. The second-order valence-corrected chi connectivity index (χ2v) is 12.1. The lowest BCUT2D eigenvalue weighted by Gasteiger charge is -2.30. The SMILES string of the molecule is O=C(Nc1nc2ccc(-c3c(Cl)c(F)c(N4CCNCC4)c4[nH]ncc34)cc2s1)[C@@H]1C[C@@H]1F.O=C(O)C(F)(F)F.O=C(O)C(F)(F)F.O=C(O)C(F)(F)F. The van der Waals surface area contributed by atoms with Crippen molar-refractivity contribution < 1.29 is 82.8 Å². The van der Waals surface area contributed by atoms with Crippen LogP contribution in [-0.2, 0) is 19.2 Å². The van der Waals surface area contributed by atoms with Gasteiger partial charge in [-0.25, -0.2) is 28.1 Å². The van der Waals surface area contributed by atoms with E-state index in [2.05, 4.69) is 25.8 Å². The fraction of sp³-hybridized carbons (Fsp3) is 0.357. The maximum absolute atomic E-state index is 15.6. The van der Waals surface area contributed by atoms with Gasteiger partial charge in [-0.15, -0.1) is 0 Å². The summed E-state index contributed by atoms with van der Waals surface area (Å²) in [4.78, 5) is 45.1. The molecule has 2 aromatic carbocycles. The number of thiazole rings is 1. The molecule has 2 fully saturated rings. The number of aromatic amines is 1. The highest BCUT2D eigenvalue weighted by molar-refractivity contribution is 7.22. The molecule has 0 radical (unpaired) electrons. The molecular weight excluding hydrogens is 809 g/mol. The number of H-pyrrole nitrogens is 1. The van der Waals surface area contributed by atoms with Crippen LogP contribution in [0.15, 0.2) is 24.4 Å². The molecule has 1 saturated heterocycles. The molecule has 1 amide bonds. The third-order valence-electron chi connectivity index (χ3n) is 6.88. The van der Waals surface area contributed by atoms with Crippen molar-refractivity contribution in [3.05, 3.63) is 35.2 Å². The summed E-state index contributed by atoms with van der Waals surface area (Å²) in [6, 6.07) is 5.50. The number of carbonyl (C=O) groups is 4. The van der Waals surface area contributed by atoms with Gasteiger partial charge in [-0.3, -0.25) is 9.89 Å². The molecule has 0 bridgehead atoms. The Hall–Kier alpha value is -5.04. The van der Waals surface area contributed by atoms with E-state index in [0.717, 1.165) is 28.7 Å². The number of nitrogens with one attached hydrogen (secondary N) is 3. The first-order valence-corrected chi connectivity index (χ1v) is 15.6. The van der Waals surface area contributed by atoms with E-state index >= 15 is 4.39 Å². The van der Waals surface area contributed by atoms with Gasteiger partial charge in [0.2, 0.25) is 5.91 Å². The molecule has 1 saturated carbocycles. The van der Waals surface area contributed by atoms with Gasteiger partial charge in [-0.05, 0) is 24.1 Å². The molecule has 2 aliphatic rings. The van der Waals surface area contributed by atoms with Gasteiger partial charge in [-0.1, -0.05) is 29.0 Å². The van der Waals surface area contributed by atoms with Gasteiger partial charge >= 0.3 is 36.4 Å². The number of anilines is 2. The van der Waals surface area contributed by atoms with Crippen LogP contribution in [0.4, 0.5) is 59.1 Å². The van der Waals surface area contributed by atoms with Crippen LogP contribution >= 0.6 is 22.9 Å². The zero-order chi connectivity index (χ0) is 40.9. The number of amides is 1. The van der Waals surface area contributed by atoms with E-state index < -0.39 is 54.3 Å². The van der Waals surface area contributed by atoms with Gasteiger partial charge < -0.3 is 30.9 Å². The molecule has 3 heterocycles.